The summed E-state index contributed by atoms with van der Waals surface area (Å²) in [5.74, 6) is 1.78. The number of halogens is 2. The van der Waals surface area contributed by atoms with Gasteiger partial charge in [0.25, 0.3) is 0 Å². The molecule has 0 unspecified atom stereocenters. The molecular weight excluding hydrogens is 337 g/mol. The molecule has 0 saturated carbocycles. The van der Waals surface area contributed by atoms with Gasteiger partial charge in [-0.05, 0) is 36.8 Å². The van der Waals surface area contributed by atoms with Crippen molar-refractivity contribution in [1.29, 1.82) is 0 Å². The van der Waals surface area contributed by atoms with Crippen LogP contribution in [0.1, 0.15) is 18.5 Å². The van der Waals surface area contributed by atoms with Crippen LogP contribution in [0.5, 0.6) is 5.75 Å². The van der Waals surface area contributed by atoms with Crippen molar-refractivity contribution < 1.29 is 4.74 Å². The van der Waals surface area contributed by atoms with E-state index in [0.717, 1.165) is 22.9 Å². The van der Waals surface area contributed by atoms with Gasteiger partial charge in [0.15, 0.2) is 0 Å². The zero-order chi connectivity index (χ0) is 15.9. The van der Waals surface area contributed by atoms with Crippen molar-refractivity contribution in [3.05, 3.63) is 58.1 Å². The summed E-state index contributed by atoms with van der Waals surface area (Å²) >= 11 is 14.0. The standard InChI is InChI=1S/C17H19Cl2NOS/c1-12(13-5-3-6-14(11-13)21-2)20-9-10-22-17-15(18)7-4-8-16(17)19/h3-8,11-12,20H,9-10H2,1-2H3/t12-/m1/s1. The molecule has 0 fully saturated rings. The van der Waals surface area contributed by atoms with Gasteiger partial charge in [0.2, 0.25) is 0 Å². The third-order valence-corrected chi connectivity index (χ3v) is 5.30. The SMILES string of the molecule is COc1cccc([C@@H](C)NCCSc2c(Cl)cccc2Cl)c1. The van der Waals surface area contributed by atoms with Crippen molar-refractivity contribution in [1.82, 2.24) is 5.32 Å². The van der Waals surface area contributed by atoms with Gasteiger partial charge in [-0.3, -0.25) is 0 Å². The lowest BCUT2D eigenvalue weighted by Gasteiger charge is -2.15. The number of ether oxygens (including phenoxy) is 1. The molecule has 0 aliphatic heterocycles. The van der Waals surface area contributed by atoms with Crippen LogP contribution in [-0.2, 0) is 0 Å². The predicted molar refractivity (Wildman–Crippen MR) is 96.6 cm³/mol. The number of nitrogens with one attached hydrogen (secondary N) is 1. The Bertz CT molecular complexity index is 601. The van der Waals surface area contributed by atoms with Crippen LogP contribution in [0.15, 0.2) is 47.4 Å². The summed E-state index contributed by atoms with van der Waals surface area (Å²) in [5, 5.41) is 4.91. The Hall–Kier alpha value is -0.870. The van der Waals surface area contributed by atoms with Gasteiger partial charge in [0, 0.05) is 23.2 Å². The first-order valence-electron chi connectivity index (χ1n) is 7.06. The van der Waals surface area contributed by atoms with E-state index in [1.54, 1.807) is 18.9 Å². The largest absolute Gasteiger partial charge is 0.497 e. The summed E-state index contributed by atoms with van der Waals surface area (Å²) in [7, 11) is 1.68. The van der Waals surface area contributed by atoms with Crippen molar-refractivity contribution in [2.75, 3.05) is 19.4 Å². The lowest BCUT2D eigenvalue weighted by atomic mass is 10.1. The lowest BCUT2D eigenvalue weighted by Crippen LogP contribution is -2.21. The van der Waals surface area contributed by atoms with E-state index in [4.69, 9.17) is 27.9 Å². The Balaban J connectivity index is 1.83. The normalized spacial score (nSPS) is 12.2. The van der Waals surface area contributed by atoms with Gasteiger partial charge in [-0.25, -0.2) is 0 Å². The van der Waals surface area contributed by atoms with E-state index < -0.39 is 0 Å². The highest BCUT2D eigenvalue weighted by Gasteiger charge is 2.08. The molecule has 0 radical (unpaired) electrons. The van der Waals surface area contributed by atoms with Gasteiger partial charge in [-0.15, -0.1) is 11.8 Å². The van der Waals surface area contributed by atoms with Crippen molar-refractivity contribution in [3.8, 4) is 5.75 Å². The van der Waals surface area contributed by atoms with Gasteiger partial charge in [-0.2, -0.15) is 0 Å². The average Bonchev–Trinajstić information content (AvgIpc) is 2.53. The van der Waals surface area contributed by atoms with Crippen LogP contribution < -0.4 is 10.1 Å². The third-order valence-electron chi connectivity index (χ3n) is 3.31. The van der Waals surface area contributed by atoms with Crippen molar-refractivity contribution >= 4 is 35.0 Å². The average molecular weight is 356 g/mol. The van der Waals surface area contributed by atoms with Gasteiger partial charge in [-0.1, -0.05) is 41.4 Å². The molecule has 118 valence electrons. The minimum Gasteiger partial charge on any atom is -0.497 e. The van der Waals surface area contributed by atoms with Crippen LogP contribution in [-0.4, -0.2) is 19.4 Å². The molecular formula is C17H19Cl2NOS. The fourth-order valence-electron chi connectivity index (χ4n) is 2.08. The summed E-state index contributed by atoms with van der Waals surface area (Å²) in [6, 6.07) is 13.9. The molecule has 0 amide bonds. The van der Waals surface area contributed by atoms with Crippen molar-refractivity contribution in [3.63, 3.8) is 0 Å². The molecule has 2 rings (SSSR count). The molecule has 1 N–H and O–H groups in total. The number of benzene rings is 2. The molecule has 22 heavy (non-hydrogen) atoms. The van der Waals surface area contributed by atoms with Crippen molar-refractivity contribution in [2.24, 2.45) is 0 Å². The number of methoxy groups -OCH3 is 1. The smallest absolute Gasteiger partial charge is 0.119 e. The quantitative estimate of drug-likeness (QED) is 0.527. The van der Waals surface area contributed by atoms with Crippen LogP contribution in [0.25, 0.3) is 0 Å². The molecule has 0 aliphatic carbocycles. The summed E-state index contributed by atoms with van der Waals surface area (Å²) in [5.41, 5.74) is 1.21. The Morgan fingerprint density at radius 2 is 1.82 bits per heavy atom. The highest BCUT2D eigenvalue weighted by atomic mass is 35.5. The third kappa shape index (κ3) is 4.82. The van der Waals surface area contributed by atoms with E-state index in [-0.39, 0.29) is 6.04 Å². The van der Waals surface area contributed by atoms with E-state index >= 15 is 0 Å². The van der Waals surface area contributed by atoms with E-state index in [1.165, 1.54) is 5.56 Å². The maximum absolute atomic E-state index is 6.16. The predicted octanol–water partition coefficient (Wildman–Crippen LogP) is 5.44. The molecule has 0 heterocycles. The van der Waals surface area contributed by atoms with E-state index in [9.17, 15) is 0 Å². The molecule has 0 bridgehead atoms. The van der Waals surface area contributed by atoms with Crippen LogP contribution in [0.4, 0.5) is 0 Å². The summed E-state index contributed by atoms with van der Waals surface area (Å²) in [4.78, 5) is 0.946. The number of thioether (sulfide) groups is 1. The minimum absolute atomic E-state index is 0.261. The summed E-state index contributed by atoms with van der Waals surface area (Å²) < 4.78 is 5.25. The maximum atomic E-state index is 6.16. The van der Waals surface area contributed by atoms with Crippen LogP contribution >= 0.6 is 35.0 Å². The number of rotatable bonds is 7. The van der Waals surface area contributed by atoms with E-state index in [0.29, 0.717) is 10.0 Å². The highest BCUT2D eigenvalue weighted by molar-refractivity contribution is 7.99. The molecule has 0 saturated heterocycles. The Morgan fingerprint density at radius 1 is 1.14 bits per heavy atom. The molecule has 0 aromatic heterocycles. The Kier molecular flexibility index (Phi) is 6.90. The highest BCUT2D eigenvalue weighted by Crippen LogP contribution is 2.33. The molecule has 2 aromatic carbocycles. The summed E-state index contributed by atoms with van der Waals surface area (Å²) in [6.07, 6.45) is 0. The van der Waals surface area contributed by atoms with E-state index in [2.05, 4.69) is 24.4 Å². The van der Waals surface area contributed by atoms with Crippen LogP contribution in [0.3, 0.4) is 0 Å². The number of hydrogen-bond acceptors (Lipinski definition) is 3. The van der Waals surface area contributed by atoms with Gasteiger partial charge >= 0.3 is 0 Å². The Labute approximate surface area is 146 Å². The lowest BCUT2D eigenvalue weighted by molar-refractivity contribution is 0.413. The molecule has 1 atom stereocenters. The molecule has 0 aliphatic rings. The summed E-state index contributed by atoms with van der Waals surface area (Å²) in [6.45, 7) is 3.01. The second kappa shape index (κ2) is 8.68. The zero-order valence-corrected chi connectivity index (χ0v) is 14.9. The van der Waals surface area contributed by atoms with Crippen molar-refractivity contribution in [2.45, 2.75) is 17.9 Å². The molecule has 0 spiro atoms. The topological polar surface area (TPSA) is 21.3 Å². The second-order valence-electron chi connectivity index (χ2n) is 4.85. The monoisotopic (exact) mass is 355 g/mol. The van der Waals surface area contributed by atoms with Gasteiger partial charge < -0.3 is 10.1 Å². The molecule has 2 aromatic rings. The van der Waals surface area contributed by atoms with Crippen LogP contribution in [0, 0.1) is 0 Å². The molecule has 5 heteroatoms. The fraction of sp³-hybridized carbons (Fsp3) is 0.294. The Morgan fingerprint density at radius 3 is 2.50 bits per heavy atom. The maximum Gasteiger partial charge on any atom is 0.119 e. The van der Waals surface area contributed by atoms with E-state index in [1.807, 2.05) is 30.3 Å². The number of hydrogen-bond donors (Lipinski definition) is 1. The zero-order valence-electron chi connectivity index (χ0n) is 12.6. The fourth-order valence-corrected chi connectivity index (χ4v) is 3.64. The first-order chi connectivity index (χ1) is 10.6. The minimum atomic E-state index is 0.261. The molecule has 2 nitrogen and oxygen atoms in total. The van der Waals surface area contributed by atoms with Crippen LogP contribution in [0.2, 0.25) is 10.0 Å². The first kappa shape index (κ1) is 17.5. The van der Waals surface area contributed by atoms with Gasteiger partial charge in [0.1, 0.15) is 5.75 Å². The second-order valence-corrected chi connectivity index (χ2v) is 6.77. The first-order valence-corrected chi connectivity index (χ1v) is 8.80. The van der Waals surface area contributed by atoms with Gasteiger partial charge in [0.05, 0.1) is 17.2 Å².